The van der Waals surface area contributed by atoms with Crippen molar-refractivity contribution in [2.24, 2.45) is 0 Å². The highest BCUT2D eigenvalue weighted by Crippen LogP contribution is 2.46. The zero-order chi connectivity index (χ0) is 27.7. The molecule has 1 aliphatic carbocycles. The number of pyridine rings is 1. The van der Waals surface area contributed by atoms with Crippen molar-refractivity contribution in [3.63, 3.8) is 0 Å². The minimum Gasteiger partial charge on any atom is -0.491 e. The molecule has 0 radical (unpaired) electrons. The molecule has 2 aliphatic heterocycles. The van der Waals surface area contributed by atoms with E-state index in [1.54, 1.807) is 30.5 Å². The average molecular weight is 582 g/mol. The quantitative estimate of drug-likeness (QED) is 0.346. The Morgan fingerprint density at radius 2 is 1.85 bits per heavy atom. The summed E-state index contributed by atoms with van der Waals surface area (Å²) in [7, 11) is -7.24. The maximum Gasteiger partial charge on any atom is 0.244 e. The molecule has 3 heterocycles. The minimum atomic E-state index is -3.66. The second kappa shape index (κ2) is 11.0. The zero-order valence-electron chi connectivity index (χ0n) is 21.6. The van der Waals surface area contributed by atoms with Crippen LogP contribution in [-0.2, 0) is 24.6 Å². The van der Waals surface area contributed by atoms with E-state index in [-0.39, 0.29) is 34.6 Å². The number of sulfonamides is 1. The van der Waals surface area contributed by atoms with Gasteiger partial charge in [-0.05, 0) is 62.4 Å². The van der Waals surface area contributed by atoms with E-state index in [1.165, 1.54) is 22.6 Å². The fraction of sp³-hybridized carbons (Fsp3) is 0.577. The molecule has 3 fully saturated rings. The third kappa shape index (κ3) is 5.85. The van der Waals surface area contributed by atoms with Crippen LogP contribution >= 0.6 is 0 Å². The van der Waals surface area contributed by atoms with Crippen molar-refractivity contribution < 1.29 is 36.5 Å². The molecule has 214 valence electrons. The second-order valence-corrected chi connectivity index (χ2v) is 15.0. The first-order valence-corrected chi connectivity index (χ1v) is 16.1. The summed E-state index contributed by atoms with van der Waals surface area (Å²) in [5, 5.41) is 23.3. The predicted octanol–water partition coefficient (Wildman–Crippen LogP) is 0.722. The van der Waals surface area contributed by atoms with Crippen molar-refractivity contribution in [1.82, 2.24) is 14.6 Å². The van der Waals surface area contributed by atoms with Gasteiger partial charge in [0.15, 0.2) is 9.84 Å². The number of nitrogens with zero attached hydrogens (tertiary/aromatic N) is 2. The first-order chi connectivity index (χ1) is 18.6. The lowest BCUT2D eigenvalue weighted by atomic mass is 9.88. The van der Waals surface area contributed by atoms with Crippen molar-refractivity contribution >= 4 is 19.9 Å². The number of aromatic nitrogens is 1. The monoisotopic (exact) mass is 581 g/mol. The molecule has 0 amide bonds. The van der Waals surface area contributed by atoms with E-state index in [0.29, 0.717) is 57.6 Å². The number of benzene rings is 1. The summed E-state index contributed by atoms with van der Waals surface area (Å²) < 4.78 is 63.6. The van der Waals surface area contributed by atoms with Gasteiger partial charge in [-0.2, -0.15) is 4.31 Å². The van der Waals surface area contributed by atoms with E-state index in [4.69, 9.17) is 9.47 Å². The van der Waals surface area contributed by atoms with Crippen LogP contribution in [0.25, 0.3) is 0 Å². The summed E-state index contributed by atoms with van der Waals surface area (Å²) >= 11 is 0. The SMILES string of the molecule is O=S(=O)(c1cccnc1)N1CCC2(CC1)CC(NCC(O)COc1cccc(S(=O)(=O)C3(CO)CC3)c1)CO2. The molecule has 0 bridgehead atoms. The number of nitrogens with one attached hydrogen (secondary N) is 1. The van der Waals surface area contributed by atoms with Crippen molar-refractivity contribution in [2.75, 3.05) is 39.5 Å². The molecule has 2 saturated heterocycles. The Bertz CT molecular complexity index is 1360. The van der Waals surface area contributed by atoms with Crippen molar-refractivity contribution in [1.29, 1.82) is 0 Å². The maximum atomic E-state index is 12.9. The Hall–Kier alpha value is -2.13. The molecule has 2 aromatic rings. The van der Waals surface area contributed by atoms with Crippen molar-refractivity contribution in [2.45, 2.75) is 64.4 Å². The van der Waals surface area contributed by atoms with E-state index in [1.807, 2.05) is 0 Å². The Balaban J connectivity index is 1.07. The molecule has 1 saturated carbocycles. The smallest absolute Gasteiger partial charge is 0.244 e. The van der Waals surface area contributed by atoms with Crippen molar-refractivity contribution in [3.8, 4) is 5.75 Å². The lowest BCUT2D eigenvalue weighted by molar-refractivity contribution is -0.0312. The molecule has 39 heavy (non-hydrogen) atoms. The fourth-order valence-corrected chi connectivity index (χ4v) is 8.54. The van der Waals surface area contributed by atoms with Gasteiger partial charge in [-0.25, -0.2) is 16.8 Å². The first kappa shape index (κ1) is 28.4. The number of aliphatic hydroxyl groups excluding tert-OH is 2. The Morgan fingerprint density at radius 1 is 1.10 bits per heavy atom. The van der Waals surface area contributed by atoms with Crippen LogP contribution in [0.1, 0.15) is 32.1 Å². The lowest BCUT2D eigenvalue weighted by Gasteiger charge is -2.38. The summed E-state index contributed by atoms with van der Waals surface area (Å²) in [6, 6.07) is 9.31. The van der Waals surface area contributed by atoms with E-state index in [9.17, 15) is 27.0 Å². The van der Waals surface area contributed by atoms with Gasteiger partial charge in [0.1, 0.15) is 23.4 Å². The van der Waals surface area contributed by atoms with Gasteiger partial charge in [-0.15, -0.1) is 0 Å². The maximum absolute atomic E-state index is 12.9. The topological polar surface area (TPSA) is 155 Å². The van der Waals surface area contributed by atoms with Gasteiger partial charge in [0.05, 0.1) is 28.5 Å². The molecular weight excluding hydrogens is 546 g/mol. The molecular formula is C26H35N3O8S2. The number of sulfone groups is 1. The van der Waals surface area contributed by atoms with Gasteiger partial charge in [-0.1, -0.05) is 6.07 Å². The molecule has 5 rings (SSSR count). The number of hydrogen-bond donors (Lipinski definition) is 3. The summed E-state index contributed by atoms with van der Waals surface area (Å²) in [6.07, 6.45) is 4.85. The molecule has 1 aromatic heterocycles. The molecule has 13 heteroatoms. The van der Waals surface area contributed by atoms with Gasteiger partial charge in [-0.3, -0.25) is 4.98 Å². The third-order valence-electron chi connectivity index (χ3n) is 7.98. The lowest BCUT2D eigenvalue weighted by Crippen LogP contribution is -2.47. The Morgan fingerprint density at radius 3 is 2.51 bits per heavy atom. The van der Waals surface area contributed by atoms with E-state index >= 15 is 0 Å². The molecule has 2 atom stereocenters. The summed E-state index contributed by atoms with van der Waals surface area (Å²) in [5.41, 5.74) is -0.389. The normalized spacial score (nSPS) is 23.5. The predicted molar refractivity (Wildman–Crippen MR) is 142 cm³/mol. The van der Waals surface area contributed by atoms with Crippen LogP contribution < -0.4 is 10.1 Å². The van der Waals surface area contributed by atoms with E-state index in [0.717, 1.165) is 0 Å². The van der Waals surface area contributed by atoms with Gasteiger partial charge in [0, 0.05) is 38.1 Å². The number of rotatable bonds is 11. The van der Waals surface area contributed by atoms with Crippen LogP contribution in [0.3, 0.4) is 0 Å². The number of hydrogen-bond acceptors (Lipinski definition) is 10. The number of piperidine rings is 1. The zero-order valence-corrected chi connectivity index (χ0v) is 23.2. The summed E-state index contributed by atoms with van der Waals surface area (Å²) in [5.74, 6) is 0.333. The summed E-state index contributed by atoms with van der Waals surface area (Å²) in [4.78, 5) is 4.21. The Kier molecular flexibility index (Phi) is 8.04. The molecule has 3 aliphatic rings. The van der Waals surface area contributed by atoms with Gasteiger partial charge in [0.2, 0.25) is 10.0 Å². The Labute approximate surface area is 229 Å². The highest BCUT2D eigenvalue weighted by molar-refractivity contribution is 7.93. The average Bonchev–Trinajstić information content (AvgIpc) is 3.68. The number of aliphatic hydroxyl groups is 2. The van der Waals surface area contributed by atoms with Crippen LogP contribution in [-0.4, -0.2) is 98.3 Å². The van der Waals surface area contributed by atoms with Gasteiger partial charge >= 0.3 is 0 Å². The molecule has 11 nitrogen and oxygen atoms in total. The highest BCUT2D eigenvalue weighted by atomic mass is 32.2. The largest absolute Gasteiger partial charge is 0.491 e. The van der Waals surface area contributed by atoms with Crippen LogP contribution in [0.4, 0.5) is 0 Å². The highest BCUT2D eigenvalue weighted by Gasteiger charge is 2.54. The molecule has 3 N–H and O–H groups in total. The molecule has 1 aromatic carbocycles. The van der Waals surface area contributed by atoms with Gasteiger partial charge in [0.25, 0.3) is 0 Å². The third-order valence-corrected chi connectivity index (χ3v) is 12.4. The second-order valence-electron chi connectivity index (χ2n) is 10.7. The fourth-order valence-electron chi connectivity index (χ4n) is 5.29. The standard InChI is InChI=1S/C26H35N3O8S2/c30-19-26(6-7-26)38(32,33)23-4-1-3-22(13-23)36-18-21(31)15-28-20-14-25(37-17-20)8-11-29(12-9-25)39(34,35)24-5-2-10-27-16-24/h1-5,10,13,16,20-21,28,30-31H,6-9,11-12,14-15,17-19H2. The number of ether oxygens (including phenoxy) is 2. The van der Waals surface area contributed by atoms with Crippen LogP contribution in [0.5, 0.6) is 5.75 Å². The van der Waals surface area contributed by atoms with E-state index in [2.05, 4.69) is 10.3 Å². The van der Waals surface area contributed by atoms with Crippen LogP contribution in [0.2, 0.25) is 0 Å². The minimum absolute atomic E-state index is 0.0165. The molecule has 1 spiro atoms. The summed E-state index contributed by atoms with van der Waals surface area (Å²) in [6.45, 7) is 1.04. The van der Waals surface area contributed by atoms with Crippen molar-refractivity contribution in [3.05, 3.63) is 48.8 Å². The first-order valence-electron chi connectivity index (χ1n) is 13.1. The van der Waals surface area contributed by atoms with Crippen LogP contribution in [0.15, 0.2) is 58.6 Å². The van der Waals surface area contributed by atoms with Crippen LogP contribution in [0, 0.1) is 0 Å². The van der Waals surface area contributed by atoms with Gasteiger partial charge < -0.3 is 25.0 Å². The van der Waals surface area contributed by atoms with E-state index < -0.39 is 37.3 Å². The molecule has 2 unspecified atom stereocenters.